The number of amides is 2. The van der Waals surface area contributed by atoms with Crippen molar-refractivity contribution in [3.8, 4) is 5.75 Å². The molecule has 2 amide bonds. The zero-order chi connectivity index (χ0) is 36.2. The lowest BCUT2D eigenvalue weighted by molar-refractivity contribution is -0.163. The predicted octanol–water partition coefficient (Wildman–Crippen LogP) is 4.27. The molecule has 51 heavy (non-hydrogen) atoms. The monoisotopic (exact) mass is 763 g/mol. The van der Waals surface area contributed by atoms with Crippen LogP contribution < -0.4 is 10.1 Å². The first-order chi connectivity index (χ1) is 24.5. The van der Waals surface area contributed by atoms with Crippen LogP contribution in [0.1, 0.15) is 47.9 Å². The third-order valence-corrected chi connectivity index (χ3v) is 10.5. The molecule has 2 aliphatic heterocycles. The van der Waals surface area contributed by atoms with Crippen molar-refractivity contribution < 1.29 is 38.8 Å². The van der Waals surface area contributed by atoms with Crippen LogP contribution in [0.3, 0.4) is 0 Å². The fourth-order valence-electron chi connectivity index (χ4n) is 6.92. The summed E-state index contributed by atoms with van der Waals surface area (Å²) in [6.45, 7) is 3.22. The minimum absolute atomic E-state index is 0.0410. The second-order valence-electron chi connectivity index (χ2n) is 13.7. The Morgan fingerprint density at radius 2 is 1.67 bits per heavy atom. The molecule has 0 unspecified atom stereocenters. The van der Waals surface area contributed by atoms with Crippen LogP contribution in [0.4, 0.5) is 4.39 Å². The number of piperazine rings is 1. The van der Waals surface area contributed by atoms with E-state index in [1.54, 1.807) is 6.07 Å². The molecule has 270 valence electrons. The fourth-order valence-corrected chi connectivity index (χ4v) is 7.28. The van der Waals surface area contributed by atoms with Gasteiger partial charge >= 0.3 is 5.97 Å². The molecule has 10 nitrogen and oxygen atoms in total. The highest BCUT2D eigenvalue weighted by atomic mass is 79.9. The highest BCUT2D eigenvalue weighted by Gasteiger charge is 2.45. The van der Waals surface area contributed by atoms with Crippen molar-refractivity contribution in [3.63, 3.8) is 0 Å². The van der Waals surface area contributed by atoms with Gasteiger partial charge in [0.15, 0.2) is 12.2 Å². The Balaban J connectivity index is 1.23. The standard InChI is InChI=1S/C39H43BrFN3O7/c1-23-4-6-25(7-5-23)16-17-44(29-13-14-29)37(47)34-30(20-28-21-43(22-32(34)42-28)38(48)35(45)36(46)39(49)50)26-10-8-24(9-11-26)3-2-18-51-33-19-27(41)12-15-31(33)40/h4-12,15,19,28-29,32,35-36,42,45-46H,2-3,13-14,16-18,20-22H2,1H3,(H,49,50)/t28-,32-,35+,36+/m1/s1. The summed E-state index contributed by atoms with van der Waals surface area (Å²) in [5.41, 5.74) is 5.77. The van der Waals surface area contributed by atoms with Crippen molar-refractivity contribution in [3.05, 3.63) is 105 Å². The maximum atomic E-state index is 14.7. The van der Waals surface area contributed by atoms with E-state index >= 15 is 0 Å². The number of aliphatic hydroxyl groups is 2. The lowest BCUT2D eigenvalue weighted by Gasteiger charge is -2.45. The van der Waals surface area contributed by atoms with Gasteiger partial charge in [0.1, 0.15) is 11.6 Å². The van der Waals surface area contributed by atoms with E-state index in [1.165, 1.54) is 22.6 Å². The molecular formula is C39H43BrFN3O7. The number of carbonyl (C=O) groups excluding carboxylic acids is 2. The van der Waals surface area contributed by atoms with Crippen molar-refractivity contribution in [1.29, 1.82) is 0 Å². The fraction of sp³-hybridized carbons (Fsp3) is 0.410. The summed E-state index contributed by atoms with van der Waals surface area (Å²) in [4.78, 5) is 42.5. The maximum Gasteiger partial charge on any atom is 0.335 e. The summed E-state index contributed by atoms with van der Waals surface area (Å²) < 4.78 is 20.1. The number of hydrogen-bond acceptors (Lipinski definition) is 7. The summed E-state index contributed by atoms with van der Waals surface area (Å²) in [7, 11) is 0. The molecule has 3 aromatic carbocycles. The van der Waals surface area contributed by atoms with Gasteiger partial charge in [-0.3, -0.25) is 9.59 Å². The largest absolute Gasteiger partial charge is 0.492 e. The van der Waals surface area contributed by atoms with Gasteiger partial charge in [0.25, 0.3) is 11.8 Å². The average Bonchev–Trinajstić information content (AvgIpc) is 3.96. The van der Waals surface area contributed by atoms with E-state index in [-0.39, 0.29) is 36.9 Å². The molecule has 0 radical (unpaired) electrons. The smallest absolute Gasteiger partial charge is 0.335 e. The molecule has 3 aromatic rings. The Labute approximate surface area is 305 Å². The van der Waals surface area contributed by atoms with E-state index in [0.717, 1.165) is 41.5 Å². The molecule has 2 heterocycles. The zero-order valence-corrected chi connectivity index (χ0v) is 30.0. The lowest BCUT2D eigenvalue weighted by atomic mass is 9.82. The third kappa shape index (κ3) is 8.86. The number of halogens is 2. The summed E-state index contributed by atoms with van der Waals surface area (Å²) in [5.74, 6) is -2.57. The Kier molecular flexibility index (Phi) is 11.6. The minimum Gasteiger partial charge on any atom is -0.492 e. The first kappa shape index (κ1) is 36.7. The second kappa shape index (κ2) is 16.1. The number of fused-ring (bicyclic) bond motifs is 2. The van der Waals surface area contributed by atoms with Crippen LogP contribution in [-0.4, -0.2) is 99.5 Å². The van der Waals surface area contributed by atoms with Crippen LogP contribution in [-0.2, 0) is 27.2 Å². The molecule has 12 heteroatoms. The highest BCUT2D eigenvalue weighted by Crippen LogP contribution is 2.37. The Morgan fingerprint density at radius 3 is 2.35 bits per heavy atom. The van der Waals surface area contributed by atoms with Crippen molar-refractivity contribution in [1.82, 2.24) is 15.1 Å². The molecule has 4 N–H and O–H groups in total. The topological polar surface area (TPSA) is 140 Å². The normalized spacial score (nSPS) is 19.7. The van der Waals surface area contributed by atoms with Crippen LogP contribution in [0.5, 0.6) is 5.75 Å². The molecule has 4 atom stereocenters. The molecule has 2 bridgehead atoms. The number of nitrogens with one attached hydrogen (secondary N) is 1. The summed E-state index contributed by atoms with van der Waals surface area (Å²) >= 11 is 3.39. The van der Waals surface area contributed by atoms with E-state index in [1.807, 2.05) is 36.1 Å². The molecular weight excluding hydrogens is 721 g/mol. The quantitative estimate of drug-likeness (QED) is 0.179. The number of hydrogen-bond donors (Lipinski definition) is 4. The van der Waals surface area contributed by atoms with Crippen LogP contribution in [0, 0.1) is 12.7 Å². The van der Waals surface area contributed by atoms with Gasteiger partial charge in [0.2, 0.25) is 0 Å². The number of aliphatic hydroxyl groups excluding tert-OH is 2. The van der Waals surface area contributed by atoms with Crippen LogP contribution in [0.15, 0.2) is 76.8 Å². The number of benzene rings is 3. The lowest BCUT2D eigenvalue weighted by Crippen LogP contribution is -2.64. The molecule has 1 saturated carbocycles. The van der Waals surface area contributed by atoms with Crippen LogP contribution in [0.25, 0.3) is 5.57 Å². The number of aliphatic carboxylic acids is 1. The molecule has 3 aliphatic rings. The predicted molar refractivity (Wildman–Crippen MR) is 192 cm³/mol. The molecule has 2 fully saturated rings. The van der Waals surface area contributed by atoms with Gasteiger partial charge in [-0.25, -0.2) is 9.18 Å². The Bertz CT molecular complexity index is 1780. The Hall–Kier alpha value is -4.10. The summed E-state index contributed by atoms with van der Waals surface area (Å²) in [5, 5.41) is 33.0. The van der Waals surface area contributed by atoms with E-state index in [2.05, 4.69) is 45.5 Å². The minimum atomic E-state index is -2.25. The average molecular weight is 765 g/mol. The van der Waals surface area contributed by atoms with E-state index in [0.29, 0.717) is 48.2 Å². The molecule has 6 rings (SSSR count). The number of nitrogens with zero attached hydrogens (tertiary/aromatic N) is 2. The number of rotatable bonds is 14. The van der Waals surface area contributed by atoms with Gasteiger partial charge in [-0.2, -0.15) is 0 Å². The molecule has 1 saturated heterocycles. The second-order valence-corrected chi connectivity index (χ2v) is 14.5. The van der Waals surface area contributed by atoms with Gasteiger partial charge < -0.3 is 35.2 Å². The van der Waals surface area contributed by atoms with Crippen molar-refractivity contribution >= 4 is 39.3 Å². The molecule has 0 aromatic heterocycles. The summed E-state index contributed by atoms with van der Waals surface area (Å²) in [6, 6.07) is 20.0. The van der Waals surface area contributed by atoms with Crippen LogP contribution in [0.2, 0.25) is 0 Å². The number of carboxylic acid groups (broad SMARTS) is 1. The summed E-state index contributed by atoms with van der Waals surface area (Å²) in [6.07, 6.45) is 0.0561. The molecule has 0 spiro atoms. The van der Waals surface area contributed by atoms with Gasteiger partial charge in [0, 0.05) is 43.4 Å². The van der Waals surface area contributed by atoms with Crippen molar-refractivity contribution in [2.24, 2.45) is 0 Å². The highest BCUT2D eigenvalue weighted by molar-refractivity contribution is 9.10. The molecule has 1 aliphatic carbocycles. The number of ether oxygens (including phenoxy) is 1. The van der Waals surface area contributed by atoms with Gasteiger partial charge in [0.05, 0.1) is 17.1 Å². The zero-order valence-electron chi connectivity index (χ0n) is 28.4. The van der Waals surface area contributed by atoms with Crippen molar-refractivity contribution in [2.75, 3.05) is 26.2 Å². The number of carboxylic acids is 1. The Morgan fingerprint density at radius 1 is 0.980 bits per heavy atom. The number of carbonyl (C=O) groups is 3. The third-order valence-electron chi connectivity index (χ3n) is 9.83. The van der Waals surface area contributed by atoms with E-state index in [9.17, 15) is 34.1 Å². The van der Waals surface area contributed by atoms with Gasteiger partial charge in [-0.15, -0.1) is 0 Å². The SMILES string of the molecule is Cc1ccc(CCN(C(=O)C2=C(c3ccc(CCCOc4cc(F)ccc4Br)cc3)C[C@@H]3CN(C(=O)[C@@H](O)[C@H](O)C(=O)O)C[C@H]2N3)C2CC2)cc1. The maximum absolute atomic E-state index is 14.7. The van der Waals surface area contributed by atoms with Crippen LogP contribution >= 0.6 is 15.9 Å². The first-order valence-electron chi connectivity index (χ1n) is 17.4. The van der Waals surface area contributed by atoms with E-state index in [4.69, 9.17) is 4.74 Å². The van der Waals surface area contributed by atoms with E-state index < -0.39 is 30.1 Å². The van der Waals surface area contributed by atoms with Gasteiger partial charge in [-0.05, 0) is 95.8 Å². The first-order valence-corrected chi connectivity index (χ1v) is 18.2. The number of aryl methyl sites for hydroxylation is 2. The van der Waals surface area contributed by atoms with Gasteiger partial charge in [-0.1, -0.05) is 54.1 Å². The van der Waals surface area contributed by atoms with Crippen molar-refractivity contribution in [2.45, 2.75) is 75.8 Å².